The molecule has 0 aromatic heterocycles. The number of imide groups is 1. The largest absolute Gasteiger partial charge is 0.336 e. The molecule has 154 valence electrons. The van der Waals surface area contributed by atoms with E-state index in [1.165, 1.54) is 6.07 Å². The fourth-order valence-corrected chi connectivity index (χ4v) is 4.39. The van der Waals surface area contributed by atoms with Crippen LogP contribution in [0.2, 0.25) is 0 Å². The lowest BCUT2D eigenvalue weighted by Gasteiger charge is -2.32. The third-order valence-corrected chi connectivity index (χ3v) is 5.87. The molecule has 2 aliphatic rings. The van der Waals surface area contributed by atoms with Crippen LogP contribution < -0.4 is 4.90 Å². The molecule has 0 radical (unpaired) electrons. The molecule has 5 heteroatoms. The summed E-state index contributed by atoms with van der Waals surface area (Å²) in [5, 5.41) is 0. The number of fused-ring (bicyclic) bond motifs is 1. The van der Waals surface area contributed by atoms with Crippen molar-refractivity contribution < 1.29 is 14.0 Å². The monoisotopic (exact) mass is 412 g/mol. The van der Waals surface area contributed by atoms with E-state index in [0.29, 0.717) is 28.9 Å². The minimum Gasteiger partial charge on any atom is -0.336 e. The number of rotatable bonds is 4. The Bertz CT molecular complexity index is 1200. The second kappa shape index (κ2) is 7.84. The van der Waals surface area contributed by atoms with Gasteiger partial charge in [-0.1, -0.05) is 66.7 Å². The first-order valence-electron chi connectivity index (χ1n) is 10.4. The molecular formula is C26H21FN2O2. The second-order valence-corrected chi connectivity index (χ2v) is 7.76. The molecule has 31 heavy (non-hydrogen) atoms. The number of hydrogen-bond donors (Lipinski definition) is 0. The summed E-state index contributed by atoms with van der Waals surface area (Å²) in [5.74, 6) is -1.21. The Morgan fingerprint density at radius 3 is 2.32 bits per heavy atom. The van der Waals surface area contributed by atoms with Crippen LogP contribution in [-0.4, -0.2) is 23.3 Å². The van der Waals surface area contributed by atoms with Gasteiger partial charge in [0.25, 0.3) is 11.8 Å². The SMILES string of the molecule is O=C1C(c2ccccc2)=C(N2CCCc3ccccc32)C(=O)N1Cc1ccccc1F. The molecule has 0 atom stereocenters. The van der Waals surface area contributed by atoms with E-state index in [1.807, 2.05) is 53.4 Å². The molecule has 5 rings (SSSR count). The Balaban J connectivity index is 1.63. The molecule has 2 amide bonds. The Kier molecular flexibility index (Phi) is 4.86. The Hall–Kier alpha value is -3.73. The van der Waals surface area contributed by atoms with Crippen LogP contribution in [-0.2, 0) is 22.6 Å². The highest BCUT2D eigenvalue weighted by Gasteiger charge is 2.42. The van der Waals surface area contributed by atoms with Crippen molar-refractivity contribution in [3.05, 3.63) is 107 Å². The third kappa shape index (κ3) is 3.32. The van der Waals surface area contributed by atoms with Crippen molar-refractivity contribution in [2.45, 2.75) is 19.4 Å². The lowest BCUT2D eigenvalue weighted by Crippen LogP contribution is -2.37. The van der Waals surface area contributed by atoms with Crippen molar-refractivity contribution in [1.29, 1.82) is 0 Å². The minimum absolute atomic E-state index is 0.0976. The Labute approximate surface area is 180 Å². The van der Waals surface area contributed by atoms with Crippen molar-refractivity contribution in [3.8, 4) is 0 Å². The number of halogens is 1. The van der Waals surface area contributed by atoms with E-state index in [4.69, 9.17) is 0 Å². The molecule has 0 spiro atoms. The number of anilines is 1. The van der Waals surface area contributed by atoms with Crippen LogP contribution in [0, 0.1) is 5.82 Å². The quantitative estimate of drug-likeness (QED) is 0.590. The van der Waals surface area contributed by atoms with Gasteiger partial charge in [0.2, 0.25) is 0 Å². The number of para-hydroxylation sites is 1. The summed E-state index contributed by atoms with van der Waals surface area (Å²) in [7, 11) is 0. The van der Waals surface area contributed by atoms with Crippen LogP contribution in [0.3, 0.4) is 0 Å². The number of hydrogen-bond acceptors (Lipinski definition) is 3. The average molecular weight is 412 g/mol. The molecule has 2 aliphatic heterocycles. The average Bonchev–Trinajstić information content (AvgIpc) is 3.05. The predicted molar refractivity (Wildman–Crippen MR) is 117 cm³/mol. The van der Waals surface area contributed by atoms with E-state index in [-0.39, 0.29) is 12.5 Å². The Morgan fingerprint density at radius 2 is 1.52 bits per heavy atom. The summed E-state index contributed by atoms with van der Waals surface area (Å²) >= 11 is 0. The van der Waals surface area contributed by atoms with Gasteiger partial charge < -0.3 is 4.90 Å². The second-order valence-electron chi connectivity index (χ2n) is 7.76. The van der Waals surface area contributed by atoms with E-state index in [0.717, 1.165) is 29.0 Å². The zero-order valence-electron chi connectivity index (χ0n) is 16.9. The maximum atomic E-state index is 14.3. The fourth-order valence-electron chi connectivity index (χ4n) is 4.39. The first kappa shape index (κ1) is 19.2. The van der Waals surface area contributed by atoms with E-state index in [1.54, 1.807) is 18.2 Å². The van der Waals surface area contributed by atoms with Gasteiger partial charge in [-0.05, 0) is 36.1 Å². The molecular weight excluding hydrogens is 391 g/mol. The molecule has 0 N–H and O–H groups in total. The molecule has 0 bridgehead atoms. The molecule has 0 saturated heterocycles. The van der Waals surface area contributed by atoms with E-state index in [2.05, 4.69) is 6.07 Å². The van der Waals surface area contributed by atoms with Crippen LogP contribution in [0.1, 0.15) is 23.1 Å². The maximum Gasteiger partial charge on any atom is 0.278 e. The highest BCUT2D eigenvalue weighted by molar-refractivity contribution is 6.36. The van der Waals surface area contributed by atoms with Gasteiger partial charge in [0.15, 0.2) is 0 Å². The van der Waals surface area contributed by atoms with Crippen molar-refractivity contribution >= 4 is 23.1 Å². The molecule has 0 saturated carbocycles. The lowest BCUT2D eigenvalue weighted by atomic mass is 9.98. The van der Waals surface area contributed by atoms with Crippen LogP contribution in [0.5, 0.6) is 0 Å². The molecule has 0 aliphatic carbocycles. The maximum absolute atomic E-state index is 14.3. The molecule has 2 heterocycles. The third-order valence-electron chi connectivity index (χ3n) is 5.87. The smallest absolute Gasteiger partial charge is 0.278 e. The summed E-state index contributed by atoms with van der Waals surface area (Å²) in [6.45, 7) is 0.550. The zero-order chi connectivity index (χ0) is 21.4. The van der Waals surface area contributed by atoms with Crippen molar-refractivity contribution in [2.75, 3.05) is 11.4 Å². The highest BCUT2D eigenvalue weighted by atomic mass is 19.1. The van der Waals surface area contributed by atoms with Crippen LogP contribution in [0.25, 0.3) is 5.57 Å². The number of aryl methyl sites for hydroxylation is 1. The summed E-state index contributed by atoms with van der Waals surface area (Å²) in [5.41, 5.74) is 3.86. The summed E-state index contributed by atoms with van der Waals surface area (Å²) in [4.78, 5) is 30.2. The van der Waals surface area contributed by atoms with Crippen LogP contribution >= 0.6 is 0 Å². The van der Waals surface area contributed by atoms with Gasteiger partial charge in [0, 0.05) is 17.8 Å². The highest BCUT2D eigenvalue weighted by Crippen LogP contribution is 2.38. The van der Waals surface area contributed by atoms with Gasteiger partial charge in [-0.25, -0.2) is 4.39 Å². The van der Waals surface area contributed by atoms with Crippen molar-refractivity contribution in [2.24, 2.45) is 0 Å². The summed E-state index contributed by atoms with van der Waals surface area (Å²) < 4.78 is 14.3. The Morgan fingerprint density at radius 1 is 0.806 bits per heavy atom. The summed E-state index contributed by atoms with van der Waals surface area (Å²) in [6, 6.07) is 23.5. The van der Waals surface area contributed by atoms with Crippen molar-refractivity contribution in [1.82, 2.24) is 4.90 Å². The molecule has 0 unspecified atom stereocenters. The van der Waals surface area contributed by atoms with Gasteiger partial charge in [0.1, 0.15) is 11.5 Å². The standard InChI is InChI=1S/C26H21FN2O2/c27-21-14-6-4-12-20(21)17-29-25(30)23(19-10-2-1-3-11-19)24(26(29)31)28-16-8-13-18-9-5-7-15-22(18)28/h1-7,9-12,14-15H,8,13,16-17H2. The van der Waals surface area contributed by atoms with E-state index >= 15 is 0 Å². The lowest BCUT2D eigenvalue weighted by molar-refractivity contribution is -0.137. The molecule has 0 fully saturated rings. The summed E-state index contributed by atoms with van der Waals surface area (Å²) in [6.07, 6.45) is 1.82. The first-order valence-corrected chi connectivity index (χ1v) is 10.4. The van der Waals surface area contributed by atoms with Gasteiger partial charge in [-0.3, -0.25) is 14.5 Å². The fraction of sp³-hybridized carbons (Fsp3) is 0.154. The van der Waals surface area contributed by atoms with Crippen LogP contribution in [0.4, 0.5) is 10.1 Å². The topological polar surface area (TPSA) is 40.6 Å². The number of benzene rings is 3. The molecule has 3 aromatic rings. The van der Waals surface area contributed by atoms with Gasteiger partial charge >= 0.3 is 0 Å². The first-order chi connectivity index (χ1) is 15.1. The number of nitrogens with zero attached hydrogens (tertiary/aromatic N) is 2. The van der Waals surface area contributed by atoms with Gasteiger partial charge in [0.05, 0.1) is 12.1 Å². The predicted octanol–water partition coefficient (Wildman–Crippen LogP) is 4.56. The van der Waals surface area contributed by atoms with E-state index in [9.17, 15) is 14.0 Å². The van der Waals surface area contributed by atoms with Gasteiger partial charge in [-0.15, -0.1) is 0 Å². The molecule has 3 aromatic carbocycles. The van der Waals surface area contributed by atoms with Gasteiger partial charge in [-0.2, -0.15) is 0 Å². The molecule has 4 nitrogen and oxygen atoms in total. The van der Waals surface area contributed by atoms with Crippen LogP contribution in [0.15, 0.2) is 84.6 Å². The minimum atomic E-state index is -0.430. The zero-order valence-corrected chi connectivity index (χ0v) is 16.9. The number of amides is 2. The van der Waals surface area contributed by atoms with E-state index < -0.39 is 11.7 Å². The normalized spacial score (nSPS) is 16.2. The van der Waals surface area contributed by atoms with Crippen molar-refractivity contribution in [3.63, 3.8) is 0 Å². The number of carbonyl (C=O) groups excluding carboxylic acids is 2. The number of carbonyl (C=O) groups is 2.